The minimum Gasteiger partial charge on any atom is -0.381 e. The molecule has 0 bridgehead atoms. The van der Waals surface area contributed by atoms with Crippen LogP contribution >= 0.6 is 0 Å². The first-order chi connectivity index (χ1) is 14.3. The molecule has 160 valence electrons. The van der Waals surface area contributed by atoms with Gasteiger partial charge in [-0.25, -0.2) is 0 Å². The molecule has 29 heavy (non-hydrogen) atoms. The lowest BCUT2D eigenvalue weighted by atomic mass is 9.87. The van der Waals surface area contributed by atoms with Gasteiger partial charge in [-0.05, 0) is 25.3 Å². The minimum absolute atomic E-state index is 0.380. The van der Waals surface area contributed by atoms with Crippen molar-refractivity contribution in [2.45, 2.75) is 26.3 Å². The predicted molar refractivity (Wildman–Crippen MR) is 118 cm³/mol. The molecule has 1 unspecified atom stereocenters. The monoisotopic (exact) mass is 399 g/mol. The lowest BCUT2D eigenvalue weighted by Gasteiger charge is -2.34. The zero-order valence-electron chi connectivity index (χ0n) is 18.0. The first kappa shape index (κ1) is 20.6. The summed E-state index contributed by atoms with van der Waals surface area (Å²) in [5.41, 5.74) is 1.79. The van der Waals surface area contributed by atoms with Crippen molar-refractivity contribution in [2.24, 2.45) is 10.4 Å². The normalized spacial score (nSPS) is 26.5. The van der Waals surface area contributed by atoms with Crippen LogP contribution in [-0.4, -0.2) is 92.8 Å². The molecule has 3 saturated heterocycles. The molecule has 1 aromatic carbocycles. The summed E-state index contributed by atoms with van der Waals surface area (Å²) in [6.45, 7) is 14.7. The number of ether oxygens (including phenoxy) is 1. The first-order valence-electron chi connectivity index (χ1n) is 11.4. The van der Waals surface area contributed by atoms with Crippen LogP contribution in [-0.2, 0) is 11.3 Å². The molecule has 0 saturated carbocycles. The van der Waals surface area contributed by atoms with E-state index in [1.165, 1.54) is 18.4 Å². The zero-order chi connectivity index (χ0) is 19.9. The second-order valence-electron chi connectivity index (χ2n) is 8.81. The third kappa shape index (κ3) is 5.50. The molecule has 0 amide bonds. The highest BCUT2D eigenvalue weighted by Crippen LogP contribution is 2.38. The molecule has 3 aliphatic rings. The van der Waals surface area contributed by atoms with Gasteiger partial charge in [-0.2, -0.15) is 0 Å². The number of nitrogens with zero attached hydrogens (tertiary/aromatic N) is 4. The molecule has 0 aromatic heterocycles. The second kappa shape index (κ2) is 9.92. The highest BCUT2D eigenvalue weighted by Gasteiger charge is 2.42. The predicted octanol–water partition coefficient (Wildman–Crippen LogP) is 1.88. The van der Waals surface area contributed by atoms with Crippen molar-refractivity contribution in [1.29, 1.82) is 0 Å². The number of guanidine groups is 1. The van der Waals surface area contributed by atoms with E-state index in [-0.39, 0.29) is 0 Å². The average molecular weight is 400 g/mol. The summed E-state index contributed by atoms with van der Waals surface area (Å²) in [4.78, 5) is 12.5. The van der Waals surface area contributed by atoms with Crippen molar-refractivity contribution in [1.82, 2.24) is 20.0 Å². The van der Waals surface area contributed by atoms with E-state index in [2.05, 4.69) is 57.3 Å². The quantitative estimate of drug-likeness (QED) is 0.585. The Bertz CT molecular complexity index is 650. The van der Waals surface area contributed by atoms with Crippen molar-refractivity contribution in [3.05, 3.63) is 35.9 Å². The van der Waals surface area contributed by atoms with E-state index in [4.69, 9.17) is 9.73 Å². The molecule has 1 N–H and O–H groups in total. The van der Waals surface area contributed by atoms with Gasteiger partial charge in [0, 0.05) is 70.9 Å². The van der Waals surface area contributed by atoms with E-state index in [0.717, 1.165) is 84.6 Å². The van der Waals surface area contributed by atoms with Gasteiger partial charge in [0.2, 0.25) is 0 Å². The molecule has 1 spiro atoms. The maximum Gasteiger partial charge on any atom is 0.193 e. The molecule has 0 aliphatic carbocycles. The van der Waals surface area contributed by atoms with E-state index in [1.54, 1.807) is 0 Å². The van der Waals surface area contributed by atoms with Crippen molar-refractivity contribution < 1.29 is 4.74 Å². The number of aliphatic imine (C=N–C) groups is 1. The Hall–Kier alpha value is -1.63. The fourth-order valence-electron chi connectivity index (χ4n) is 4.82. The van der Waals surface area contributed by atoms with Crippen LogP contribution in [0.1, 0.15) is 25.3 Å². The van der Waals surface area contributed by atoms with Gasteiger partial charge in [-0.15, -0.1) is 0 Å². The van der Waals surface area contributed by atoms with Gasteiger partial charge in [0.25, 0.3) is 0 Å². The molecule has 1 atom stereocenters. The highest BCUT2D eigenvalue weighted by molar-refractivity contribution is 5.80. The Morgan fingerprint density at radius 3 is 2.59 bits per heavy atom. The summed E-state index contributed by atoms with van der Waals surface area (Å²) in [6.07, 6.45) is 2.44. The topological polar surface area (TPSA) is 43.3 Å². The third-order valence-corrected chi connectivity index (χ3v) is 6.65. The number of rotatable bonds is 6. The largest absolute Gasteiger partial charge is 0.381 e. The van der Waals surface area contributed by atoms with E-state index < -0.39 is 0 Å². The average Bonchev–Trinajstić information content (AvgIpc) is 3.39. The van der Waals surface area contributed by atoms with Crippen molar-refractivity contribution in [2.75, 3.05) is 72.1 Å². The zero-order valence-corrected chi connectivity index (χ0v) is 18.0. The van der Waals surface area contributed by atoms with Gasteiger partial charge in [0.1, 0.15) is 0 Å². The van der Waals surface area contributed by atoms with Crippen LogP contribution in [0.3, 0.4) is 0 Å². The van der Waals surface area contributed by atoms with Crippen LogP contribution in [0.4, 0.5) is 0 Å². The highest BCUT2D eigenvalue weighted by atomic mass is 16.5. The number of piperazine rings is 1. The summed E-state index contributed by atoms with van der Waals surface area (Å²) >= 11 is 0. The Balaban J connectivity index is 1.21. The SMILES string of the molecule is CCNC(=NCCN1CCN(Cc2ccccc2)CC1)N1CCC2(CCOC2)C1. The van der Waals surface area contributed by atoms with E-state index in [0.29, 0.717) is 5.41 Å². The van der Waals surface area contributed by atoms with Crippen LogP contribution in [0.2, 0.25) is 0 Å². The van der Waals surface area contributed by atoms with Gasteiger partial charge in [-0.1, -0.05) is 30.3 Å². The summed E-state index contributed by atoms with van der Waals surface area (Å²) in [6, 6.07) is 10.8. The van der Waals surface area contributed by atoms with E-state index >= 15 is 0 Å². The molecule has 1 aromatic rings. The Kier molecular flexibility index (Phi) is 7.06. The molecule has 3 aliphatic heterocycles. The standard InChI is InChI=1S/C23H37N5O/c1-2-24-22(28-11-8-23(19-28)9-17-29-20-23)25-10-12-26-13-15-27(16-14-26)18-21-6-4-3-5-7-21/h3-7H,2,8-20H2,1H3,(H,24,25). The molecule has 6 nitrogen and oxygen atoms in total. The van der Waals surface area contributed by atoms with Crippen LogP contribution in [0.15, 0.2) is 35.3 Å². The fraction of sp³-hybridized carbons (Fsp3) is 0.696. The molecule has 6 heteroatoms. The number of likely N-dealkylation sites (tertiary alicyclic amines) is 1. The van der Waals surface area contributed by atoms with Gasteiger partial charge in [-0.3, -0.25) is 14.8 Å². The molecule has 3 fully saturated rings. The Labute approximate surface area is 175 Å². The summed E-state index contributed by atoms with van der Waals surface area (Å²) < 4.78 is 5.68. The maximum atomic E-state index is 5.68. The number of hydrogen-bond donors (Lipinski definition) is 1. The van der Waals surface area contributed by atoms with Crippen molar-refractivity contribution >= 4 is 5.96 Å². The summed E-state index contributed by atoms with van der Waals surface area (Å²) in [7, 11) is 0. The third-order valence-electron chi connectivity index (χ3n) is 6.65. The van der Waals surface area contributed by atoms with Crippen LogP contribution in [0, 0.1) is 5.41 Å². The van der Waals surface area contributed by atoms with Crippen molar-refractivity contribution in [3.8, 4) is 0 Å². The van der Waals surface area contributed by atoms with E-state index in [9.17, 15) is 0 Å². The molecular weight excluding hydrogens is 362 g/mol. The lowest BCUT2D eigenvalue weighted by molar-refractivity contribution is 0.130. The van der Waals surface area contributed by atoms with Gasteiger partial charge < -0.3 is 15.0 Å². The Morgan fingerprint density at radius 1 is 1.07 bits per heavy atom. The number of nitrogens with one attached hydrogen (secondary N) is 1. The van der Waals surface area contributed by atoms with Gasteiger partial charge in [0.05, 0.1) is 13.2 Å². The van der Waals surface area contributed by atoms with Gasteiger partial charge in [0.15, 0.2) is 5.96 Å². The summed E-state index contributed by atoms with van der Waals surface area (Å²) in [5.74, 6) is 1.10. The lowest BCUT2D eigenvalue weighted by Crippen LogP contribution is -2.47. The summed E-state index contributed by atoms with van der Waals surface area (Å²) in [5, 5.41) is 3.51. The second-order valence-corrected chi connectivity index (χ2v) is 8.81. The smallest absolute Gasteiger partial charge is 0.193 e. The minimum atomic E-state index is 0.380. The number of benzene rings is 1. The van der Waals surface area contributed by atoms with E-state index in [1.807, 2.05) is 0 Å². The first-order valence-corrected chi connectivity index (χ1v) is 11.4. The molecule has 4 rings (SSSR count). The number of hydrogen-bond acceptors (Lipinski definition) is 4. The molecular formula is C23H37N5O. The Morgan fingerprint density at radius 2 is 1.86 bits per heavy atom. The van der Waals surface area contributed by atoms with Crippen LogP contribution < -0.4 is 5.32 Å². The maximum absolute atomic E-state index is 5.68. The van der Waals surface area contributed by atoms with Gasteiger partial charge >= 0.3 is 0 Å². The fourth-order valence-corrected chi connectivity index (χ4v) is 4.82. The van der Waals surface area contributed by atoms with Crippen LogP contribution in [0.25, 0.3) is 0 Å². The van der Waals surface area contributed by atoms with Crippen molar-refractivity contribution in [3.63, 3.8) is 0 Å². The van der Waals surface area contributed by atoms with Crippen LogP contribution in [0.5, 0.6) is 0 Å². The molecule has 3 heterocycles. The molecule has 0 radical (unpaired) electrons.